The molecular formula is C20H28N4O3. The third-order valence-electron chi connectivity index (χ3n) is 5.46. The fraction of sp³-hybridized carbons (Fsp3) is 0.550. The summed E-state index contributed by atoms with van der Waals surface area (Å²) in [5.41, 5.74) is 2.37. The quantitative estimate of drug-likeness (QED) is 0.785. The van der Waals surface area contributed by atoms with E-state index in [-0.39, 0.29) is 35.8 Å². The van der Waals surface area contributed by atoms with E-state index < -0.39 is 0 Å². The first-order valence-electron chi connectivity index (χ1n) is 9.45. The summed E-state index contributed by atoms with van der Waals surface area (Å²) in [7, 11) is 0. The summed E-state index contributed by atoms with van der Waals surface area (Å²) < 4.78 is 0. The van der Waals surface area contributed by atoms with E-state index >= 15 is 0 Å². The fourth-order valence-electron chi connectivity index (χ4n) is 4.14. The normalized spacial score (nSPS) is 25.2. The van der Waals surface area contributed by atoms with Crippen molar-refractivity contribution in [2.45, 2.75) is 51.9 Å². The Kier molecular flexibility index (Phi) is 5.79. The van der Waals surface area contributed by atoms with Gasteiger partial charge < -0.3 is 15.5 Å². The first-order chi connectivity index (χ1) is 12.8. The molecule has 2 heterocycles. The van der Waals surface area contributed by atoms with Gasteiger partial charge in [0.2, 0.25) is 17.7 Å². The molecule has 0 radical (unpaired) electrons. The van der Waals surface area contributed by atoms with Gasteiger partial charge in [-0.3, -0.25) is 19.3 Å². The molecule has 146 valence electrons. The Labute approximate surface area is 160 Å². The summed E-state index contributed by atoms with van der Waals surface area (Å²) in [6.07, 6.45) is 0.766. The van der Waals surface area contributed by atoms with Crippen LogP contribution in [0.4, 0.5) is 0 Å². The molecule has 0 aliphatic carbocycles. The van der Waals surface area contributed by atoms with Crippen LogP contribution in [0.1, 0.15) is 31.4 Å². The molecule has 2 saturated heterocycles. The lowest BCUT2D eigenvalue weighted by Gasteiger charge is -2.43. The average Bonchev–Trinajstić information content (AvgIpc) is 2.98. The number of rotatable bonds is 5. The Balaban J connectivity index is 1.79. The third-order valence-corrected chi connectivity index (χ3v) is 5.46. The van der Waals surface area contributed by atoms with Crippen LogP contribution >= 0.6 is 0 Å². The van der Waals surface area contributed by atoms with Gasteiger partial charge in [-0.25, -0.2) is 0 Å². The first-order valence-corrected chi connectivity index (χ1v) is 9.45. The lowest BCUT2D eigenvalue weighted by Crippen LogP contribution is -2.62. The van der Waals surface area contributed by atoms with Crippen LogP contribution in [0.15, 0.2) is 24.3 Å². The molecule has 3 amide bonds. The maximum absolute atomic E-state index is 13.2. The minimum Gasteiger partial charge on any atom is -0.354 e. The molecule has 2 fully saturated rings. The zero-order valence-electron chi connectivity index (χ0n) is 16.2. The molecule has 7 nitrogen and oxygen atoms in total. The van der Waals surface area contributed by atoms with Gasteiger partial charge in [0.25, 0.3) is 0 Å². The van der Waals surface area contributed by atoms with Crippen molar-refractivity contribution >= 4 is 17.7 Å². The predicted octanol–water partition coefficient (Wildman–Crippen LogP) is 0.421. The van der Waals surface area contributed by atoms with Gasteiger partial charge in [0, 0.05) is 52.1 Å². The molecule has 0 unspecified atom stereocenters. The van der Waals surface area contributed by atoms with Crippen molar-refractivity contribution in [1.82, 2.24) is 20.4 Å². The molecule has 2 N–H and O–H groups in total. The Morgan fingerprint density at radius 3 is 2.56 bits per heavy atom. The number of aryl methyl sites for hydroxylation is 1. The van der Waals surface area contributed by atoms with Gasteiger partial charge in [-0.1, -0.05) is 24.3 Å². The number of fused-ring (bicyclic) bond motifs is 1. The third kappa shape index (κ3) is 4.47. The number of hydrogen-bond donors (Lipinski definition) is 2. The highest BCUT2D eigenvalue weighted by Gasteiger charge is 2.45. The molecule has 0 aromatic heterocycles. The second kappa shape index (κ2) is 8.08. The van der Waals surface area contributed by atoms with Gasteiger partial charge in [-0.05, 0) is 24.5 Å². The zero-order valence-corrected chi connectivity index (χ0v) is 16.2. The van der Waals surface area contributed by atoms with E-state index in [1.165, 1.54) is 25.0 Å². The monoisotopic (exact) mass is 372 g/mol. The van der Waals surface area contributed by atoms with E-state index in [0.29, 0.717) is 19.6 Å². The van der Waals surface area contributed by atoms with Crippen LogP contribution in [0.5, 0.6) is 0 Å². The van der Waals surface area contributed by atoms with E-state index in [1.54, 1.807) is 0 Å². The van der Waals surface area contributed by atoms with Crippen LogP contribution in [0.2, 0.25) is 0 Å². The van der Waals surface area contributed by atoms with Gasteiger partial charge in [-0.15, -0.1) is 0 Å². The predicted molar refractivity (Wildman–Crippen MR) is 102 cm³/mol. The van der Waals surface area contributed by atoms with Gasteiger partial charge in [-0.2, -0.15) is 0 Å². The van der Waals surface area contributed by atoms with Crippen molar-refractivity contribution in [2.24, 2.45) is 0 Å². The van der Waals surface area contributed by atoms with Crippen molar-refractivity contribution in [3.63, 3.8) is 0 Å². The molecule has 27 heavy (non-hydrogen) atoms. The molecule has 0 spiro atoms. The van der Waals surface area contributed by atoms with E-state index in [4.69, 9.17) is 0 Å². The van der Waals surface area contributed by atoms with Crippen molar-refractivity contribution in [1.29, 1.82) is 0 Å². The van der Waals surface area contributed by atoms with Crippen LogP contribution in [0.3, 0.4) is 0 Å². The summed E-state index contributed by atoms with van der Waals surface area (Å²) in [5, 5.41) is 5.74. The minimum absolute atomic E-state index is 0.00345. The molecule has 2 aliphatic heterocycles. The number of nitrogens with one attached hydrogen (secondary N) is 2. The molecular weight excluding hydrogens is 344 g/mol. The lowest BCUT2D eigenvalue weighted by atomic mass is 10.0. The standard InChI is InChI=1S/C20H28N4O3/c1-13-6-4-5-7-16(13)10-23-12-18-8-17(22-15(3)26)11-24(18)20(27)19(23)9-21-14(2)25/h4-7,17-19H,8-12H2,1-3H3,(H,21,25)(H,22,26)/t17-,18-,19-/m0/s1. The Morgan fingerprint density at radius 2 is 1.89 bits per heavy atom. The summed E-state index contributed by atoms with van der Waals surface area (Å²) in [6.45, 7) is 7.27. The van der Waals surface area contributed by atoms with E-state index in [9.17, 15) is 14.4 Å². The maximum Gasteiger partial charge on any atom is 0.242 e. The Hall–Kier alpha value is -2.41. The van der Waals surface area contributed by atoms with Gasteiger partial charge in [0.1, 0.15) is 6.04 Å². The minimum atomic E-state index is -0.388. The van der Waals surface area contributed by atoms with Crippen LogP contribution in [0.25, 0.3) is 0 Å². The summed E-state index contributed by atoms with van der Waals surface area (Å²) >= 11 is 0. The number of benzene rings is 1. The molecule has 3 atom stereocenters. The second-order valence-corrected chi connectivity index (χ2v) is 7.59. The van der Waals surface area contributed by atoms with Crippen molar-refractivity contribution in [3.05, 3.63) is 35.4 Å². The molecule has 0 bridgehead atoms. The highest BCUT2D eigenvalue weighted by Crippen LogP contribution is 2.27. The largest absolute Gasteiger partial charge is 0.354 e. The van der Waals surface area contributed by atoms with Gasteiger partial charge in [0.15, 0.2) is 0 Å². The molecule has 3 rings (SSSR count). The Bertz CT molecular complexity index is 736. The lowest BCUT2D eigenvalue weighted by molar-refractivity contribution is -0.144. The van der Waals surface area contributed by atoms with Gasteiger partial charge >= 0.3 is 0 Å². The summed E-state index contributed by atoms with van der Waals surface area (Å²) in [5.74, 6) is -0.182. The topological polar surface area (TPSA) is 81.8 Å². The molecule has 0 saturated carbocycles. The van der Waals surface area contributed by atoms with Crippen molar-refractivity contribution in [3.8, 4) is 0 Å². The second-order valence-electron chi connectivity index (χ2n) is 7.59. The molecule has 7 heteroatoms. The smallest absolute Gasteiger partial charge is 0.242 e. The number of amides is 3. The molecule has 2 aliphatic rings. The van der Waals surface area contributed by atoms with Crippen molar-refractivity contribution < 1.29 is 14.4 Å². The number of piperazine rings is 1. The first kappa shape index (κ1) is 19.4. The molecule has 1 aromatic carbocycles. The van der Waals surface area contributed by atoms with E-state index in [2.05, 4.69) is 34.6 Å². The number of nitrogens with zero attached hydrogens (tertiary/aromatic N) is 2. The van der Waals surface area contributed by atoms with Gasteiger partial charge in [0.05, 0.1) is 0 Å². The number of carbonyl (C=O) groups excluding carboxylic acids is 3. The SMILES string of the molecule is CC(=O)NC[C@H]1C(=O)N2C[C@@H](NC(C)=O)C[C@H]2CN1Cc1ccccc1C. The van der Waals surface area contributed by atoms with Crippen LogP contribution in [-0.4, -0.2) is 65.3 Å². The molecule has 1 aromatic rings. The van der Waals surface area contributed by atoms with Crippen LogP contribution < -0.4 is 10.6 Å². The zero-order chi connectivity index (χ0) is 19.6. The number of hydrogen-bond acceptors (Lipinski definition) is 4. The maximum atomic E-state index is 13.2. The highest BCUT2D eigenvalue weighted by molar-refractivity contribution is 5.85. The Morgan fingerprint density at radius 1 is 1.15 bits per heavy atom. The van der Waals surface area contributed by atoms with E-state index in [1.807, 2.05) is 17.0 Å². The fourth-order valence-corrected chi connectivity index (χ4v) is 4.14. The number of carbonyl (C=O) groups is 3. The summed E-state index contributed by atoms with van der Waals surface area (Å²) in [6, 6.07) is 7.86. The highest BCUT2D eigenvalue weighted by atomic mass is 16.2. The average molecular weight is 372 g/mol. The van der Waals surface area contributed by atoms with Crippen molar-refractivity contribution in [2.75, 3.05) is 19.6 Å². The van der Waals surface area contributed by atoms with E-state index in [0.717, 1.165) is 13.0 Å². The van der Waals surface area contributed by atoms with Crippen LogP contribution in [-0.2, 0) is 20.9 Å². The van der Waals surface area contributed by atoms with Crippen LogP contribution in [0, 0.1) is 6.92 Å². The summed E-state index contributed by atoms with van der Waals surface area (Å²) in [4.78, 5) is 40.0.